The van der Waals surface area contributed by atoms with Crippen LogP contribution in [0.2, 0.25) is 0 Å². The average Bonchev–Trinajstić information content (AvgIpc) is 3.28. The lowest BCUT2D eigenvalue weighted by Gasteiger charge is -2.56. The first kappa shape index (κ1) is 24.4. The molecule has 2 atom stereocenters. The van der Waals surface area contributed by atoms with Crippen molar-refractivity contribution < 1.29 is 23.0 Å². The van der Waals surface area contributed by atoms with Crippen molar-refractivity contribution in [2.75, 3.05) is 36.5 Å². The molecule has 0 amide bonds. The van der Waals surface area contributed by atoms with Crippen molar-refractivity contribution in [2.45, 2.75) is 58.1 Å². The van der Waals surface area contributed by atoms with Gasteiger partial charge < -0.3 is 20.1 Å². The molecule has 2 N–H and O–H groups in total. The molecule has 2 unspecified atom stereocenters. The van der Waals surface area contributed by atoms with Crippen molar-refractivity contribution >= 4 is 22.4 Å². The van der Waals surface area contributed by atoms with Crippen molar-refractivity contribution in [1.82, 2.24) is 9.97 Å². The molecule has 196 valence electrons. The van der Waals surface area contributed by atoms with E-state index in [-0.39, 0.29) is 11.0 Å². The lowest BCUT2D eigenvalue weighted by atomic mass is 9.77. The number of aliphatic hydroxyl groups is 1. The van der Waals surface area contributed by atoms with E-state index in [2.05, 4.69) is 21.3 Å². The maximum atomic E-state index is 15.3. The third-order valence-electron chi connectivity index (χ3n) is 8.09. The van der Waals surface area contributed by atoms with Crippen LogP contribution in [-0.4, -0.2) is 47.5 Å². The van der Waals surface area contributed by atoms with Crippen molar-refractivity contribution in [3.05, 3.63) is 58.2 Å². The Labute approximate surface area is 213 Å². The molecule has 1 aliphatic carbocycles. The third-order valence-corrected chi connectivity index (χ3v) is 8.09. The summed E-state index contributed by atoms with van der Waals surface area (Å²) in [5.41, 5.74) is 4.22. The predicted octanol–water partition coefficient (Wildman–Crippen LogP) is 5.05. The molecule has 6 nitrogen and oxygen atoms in total. The van der Waals surface area contributed by atoms with Crippen LogP contribution in [-0.2, 0) is 23.5 Å². The summed E-state index contributed by atoms with van der Waals surface area (Å²) in [6, 6.07) is 5.37. The number of aryl methyl sites for hydroxylation is 2. The molecule has 0 radical (unpaired) electrons. The molecule has 2 aromatic carbocycles. The number of nitrogens with zero attached hydrogens (tertiary/aromatic N) is 3. The molecule has 1 aromatic heterocycles. The van der Waals surface area contributed by atoms with Gasteiger partial charge >= 0.3 is 5.92 Å². The Hall–Kier alpha value is -2.91. The smallest absolute Gasteiger partial charge is 0.301 e. The van der Waals surface area contributed by atoms with Crippen molar-refractivity contribution in [3.63, 3.8) is 0 Å². The van der Waals surface area contributed by atoms with E-state index < -0.39 is 29.4 Å². The van der Waals surface area contributed by atoms with Crippen LogP contribution in [0.25, 0.3) is 10.9 Å². The number of nitrogens with one attached hydrogen (secondary N) is 1. The van der Waals surface area contributed by atoms with E-state index in [4.69, 9.17) is 9.72 Å². The summed E-state index contributed by atoms with van der Waals surface area (Å²) in [6.45, 7) is 8.05. The minimum Gasteiger partial charge on any atom is -0.387 e. The molecule has 2 saturated heterocycles. The Bertz CT molecular complexity index is 1380. The van der Waals surface area contributed by atoms with Gasteiger partial charge in [0.25, 0.3) is 0 Å². The molecule has 3 heterocycles. The van der Waals surface area contributed by atoms with E-state index in [1.54, 1.807) is 6.92 Å². The Kier molecular flexibility index (Phi) is 5.65. The fraction of sp³-hybridized carbons (Fsp3) is 0.500. The van der Waals surface area contributed by atoms with Gasteiger partial charge in [-0.2, -0.15) is 8.78 Å². The second kappa shape index (κ2) is 8.56. The van der Waals surface area contributed by atoms with E-state index in [1.807, 2.05) is 6.92 Å². The summed E-state index contributed by atoms with van der Waals surface area (Å²) in [6.07, 6.45) is 1.01. The number of rotatable bonds is 6. The number of alkyl halides is 2. The van der Waals surface area contributed by atoms with E-state index >= 15 is 4.39 Å². The molecule has 1 spiro atoms. The molecule has 3 aliphatic rings. The van der Waals surface area contributed by atoms with Crippen LogP contribution in [0.15, 0.2) is 24.3 Å². The second-order valence-electron chi connectivity index (χ2n) is 10.9. The Morgan fingerprint density at radius 1 is 1.14 bits per heavy atom. The van der Waals surface area contributed by atoms with E-state index in [1.165, 1.54) is 28.9 Å². The molecule has 6 rings (SSSR count). The first-order valence-corrected chi connectivity index (χ1v) is 12.9. The van der Waals surface area contributed by atoms with Crippen molar-refractivity contribution in [3.8, 4) is 0 Å². The summed E-state index contributed by atoms with van der Waals surface area (Å²) in [5, 5.41) is 13.7. The van der Waals surface area contributed by atoms with Crippen LogP contribution in [0.3, 0.4) is 0 Å². The monoisotopic (exact) mass is 512 g/mol. The van der Waals surface area contributed by atoms with Gasteiger partial charge in [0, 0.05) is 29.7 Å². The number of hydrogen-bond donors (Lipinski definition) is 2. The quantitative estimate of drug-likeness (QED) is 0.482. The fourth-order valence-electron chi connectivity index (χ4n) is 6.01. The normalized spacial score (nSPS) is 19.9. The van der Waals surface area contributed by atoms with Gasteiger partial charge in [-0.05, 0) is 63.3 Å². The summed E-state index contributed by atoms with van der Waals surface area (Å²) in [4.78, 5) is 11.8. The molecular weight excluding hydrogens is 481 g/mol. The van der Waals surface area contributed by atoms with Crippen LogP contribution in [0.4, 0.5) is 24.7 Å². The average molecular weight is 513 g/mol. The number of halogens is 3. The predicted molar refractivity (Wildman–Crippen MR) is 136 cm³/mol. The van der Waals surface area contributed by atoms with Gasteiger partial charge in [-0.15, -0.1) is 0 Å². The summed E-state index contributed by atoms with van der Waals surface area (Å²) in [7, 11) is 0. The molecule has 3 aromatic rings. The molecule has 9 heteroatoms. The number of aliphatic hydroxyl groups excluding tert-OH is 1. The Morgan fingerprint density at radius 2 is 1.86 bits per heavy atom. The van der Waals surface area contributed by atoms with Crippen LogP contribution in [0, 0.1) is 18.2 Å². The lowest BCUT2D eigenvalue weighted by molar-refractivity contribution is -0.127. The highest BCUT2D eigenvalue weighted by molar-refractivity contribution is 5.96. The maximum absolute atomic E-state index is 15.3. The molecular formula is C28H31F3N4O2. The topological polar surface area (TPSA) is 70.5 Å². The molecule has 2 aliphatic heterocycles. The molecule has 37 heavy (non-hydrogen) atoms. The number of anilines is 2. The largest absolute Gasteiger partial charge is 0.387 e. The van der Waals surface area contributed by atoms with Crippen molar-refractivity contribution in [2.24, 2.45) is 5.41 Å². The van der Waals surface area contributed by atoms with Gasteiger partial charge in [0.15, 0.2) is 0 Å². The standard InChI is InChI=1S/C28H31F3N4O2/c1-15(18-6-5-9-22(24(18)29)28(30,31)16(2)36)32-26-21-10-23(35-11-27(12-35)13-37-14-27)19-7-4-8-20(19)25(21)33-17(3)34-26/h5-6,9-10,15-16,36H,4,7-8,11-14H2,1-3H3,(H,32,33,34). The summed E-state index contributed by atoms with van der Waals surface area (Å²) >= 11 is 0. The van der Waals surface area contributed by atoms with E-state index in [9.17, 15) is 13.9 Å². The van der Waals surface area contributed by atoms with Crippen molar-refractivity contribution in [1.29, 1.82) is 0 Å². The van der Waals surface area contributed by atoms with E-state index in [0.29, 0.717) is 11.6 Å². The first-order valence-electron chi connectivity index (χ1n) is 12.9. The van der Waals surface area contributed by atoms with Crippen LogP contribution in [0.1, 0.15) is 54.4 Å². The minimum atomic E-state index is -3.70. The molecule has 2 fully saturated rings. The van der Waals surface area contributed by atoms with Gasteiger partial charge in [-0.1, -0.05) is 12.1 Å². The van der Waals surface area contributed by atoms with Crippen LogP contribution in [0.5, 0.6) is 0 Å². The van der Waals surface area contributed by atoms with Gasteiger partial charge in [-0.3, -0.25) is 0 Å². The maximum Gasteiger partial charge on any atom is 0.301 e. The zero-order chi connectivity index (χ0) is 26.1. The SMILES string of the molecule is Cc1nc(NC(C)c2cccc(C(F)(F)C(C)O)c2F)c2cc(N3CC4(COC4)C3)c3c(c2n1)CCC3. The number of ether oxygens (including phenoxy) is 1. The van der Waals surface area contributed by atoms with E-state index in [0.717, 1.165) is 69.5 Å². The van der Waals surface area contributed by atoms with Crippen LogP contribution >= 0.6 is 0 Å². The summed E-state index contributed by atoms with van der Waals surface area (Å²) in [5.74, 6) is -3.58. The van der Waals surface area contributed by atoms with Gasteiger partial charge in [-0.25, -0.2) is 14.4 Å². The first-order chi connectivity index (χ1) is 17.6. The Morgan fingerprint density at radius 3 is 2.54 bits per heavy atom. The highest BCUT2D eigenvalue weighted by atomic mass is 19.3. The Balaban J connectivity index is 1.39. The lowest BCUT2D eigenvalue weighted by Crippen LogP contribution is -2.66. The van der Waals surface area contributed by atoms with Gasteiger partial charge in [0.05, 0.1) is 35.8 Å². The number of fused-ring (bicyclic) bond motifs is 3. The zero-order valence-corrected chi connectivity index (χ0v) is 21.2. The van der Waals surface area contributed by atoms with Gasteiger partial charge in [0.2, 0.25) is 0 Å². The zero-order valence-electron chi connectivity index (χ0n) is 21.2. The minimum absolute atomic E-state index is 0.0818. The summed E-state index contributed by atoms with van der Waals surface area (Å²) < 4.78 is 49.8. The number of benzene rings is 2. The highest BCUT2D eigenvalue weighted by Gasteiger charge is 2.49. The van der Waals surface area contributed by atoms with Crippen LogP contribution < -0.4 is 10.2 Å². The third kappa shape index (κ3) is 3.85. The number of aromatic nitrogens is 2. The molecule has 0 bridgehead atoms. The fourth-order valence-corrected chi connectivity index (χ4v) is 6.01. The van der Waals surface area contributed by atoms with Gasteiger partial charge in [0.1, 0.15) is 23.6 Å². The second-order valence-corrected chi connectivity index (χ2v) is 10.9. The molecule has 0 saturated carbocycles. The number of hydrogen-bond acceptors (Lipinski definition) is 6. The highest BCUT2D eigenvalue weighted by Crippen LogP contribution is 2.46.